The molecule has 0 atom stereocenters. The average Bonchev–Trinajstić information content (AvgIpc) is 2.41. The Balaban J connectivity index is 5.92. The molecule has 0 rings (SSSR count). The summed E-state index contributed by atoms with van der Waals surface area (Å²) in [6.07, 6.45) is -7.08. The van der Waals surface area contributed by atoms with E-state index in [0.29, 0.717) is 0 Å². The molecule has 0 spiro atoms. The first-order chi connectivity index (χ1) is 11.3. The SMILES string of the molecule is [B]B([B])B([B]B(B(B([B])[B])B([B])[B])B(B([B])[B])B([B])[B])B([B])B([B])[BH3-]. The molecule has 0 heterocycles. The highest BCUT2D eigenvalue weighted by Gasteiger charge is 2.43. The van der Waals surface area contributed by atoms with E-state index in [2.05, 4.69) is 0 Å². The van der Waals surface area contributed by atoms with Gasteiger partial charge < -0.3 is 0 Å². The molecule has 0 unspecified atom stereocenters. The second-order valence-corrected chi connectivity index (χ2v) is 6.16. The highest BCUT2D eigenvalue weighted by molar-refractivity contribution is 8.18. The first-order valence-corrected chi connectivity index (χ1v) is 7.67. The van der Waals surface area contributed by atoms with E-state index in [1.807, 2.05) is 0 Å². The average molecular weight is 273 g/mol. The fourth-order valence-electron chi connectivity index (χ4n) is 2.95. The third-order valence-corrected chi connectivity index (χ3v) is 4.22. The summed E-state index contributed by atoms with van der Waals surface area (Å²) in [5.41, 5.74) is 0. The molecule has 25 heavy (non-hydrogen) atoms. The molecule has 79 valence electrons. The zero-order valence-electron chi connectivity index (χ0n) is 13.9. The van der Waals surface area contributed by atoms with Crippen LogP contribution in [-0.4, -0.2) is 178 Å². The molecule has 0 aromatic rings. The molecule has 0 saturated carbocycles. The van der Waals surface area contributed by atoms with Crippen LogP contribution in [0.2, 0.25) is 0 Å². The van der Waals surface area contributed by atoms with Crippen molar-refractivity contribution in [1.29, 1.82) is 0 Å². The number of rotatable bonds is 11. The van der Waals surface area contributed by atoms with Crippen LogP contribution in [0, 0.1) is 0 Å². The van der Waals surface area contributed by atoms with E-state index in [4.69, 9.17) is 92.8 Å². The number of hydrogen-bond donors (Lipinski definition) is 0. The molecule has 0 N–H and O–H groups in total. The van der Waals surface area contributed by atoms with Gasteiger partial charge in [0.25, 0.3) is 0 Å². The van der Waals surface area contributed by atoms with Crippen molar-refractivity contribution >= 4 is 178 Å². The van der Waals surface area contributed by atoms with Gasteiger partial charge in [0.2, 0.25) is 0 Å². The quantitative estimate of drug-likeness (QED) is 0.328. The van der Waals surface area contributed by atoms with Gasteiger partial charge in [0.15, 0.2) is 0 Å². The van der Waals surface area contributed by atoms with Gasteiger partial charge in [-0.25, -0.2) is 0 Å². The lowest BCUT2D eigenvalue weighted by Crippen LogP contribution is -2.79. The molecule has 25 radical (unpaired) electrons. The molecule has 0 bridgehead atoms. The maximum Gasteiger partial charge on any atom is -0.0000000000000852 e. The van der Waals surface area contributed by atoms with Crippen molar-refractivity contribution in [3.05, 3.63) is 0 Å². The summed E-state index contributed by atoms with van der Waals surface area (Å²) in [4.78, 5) is 0. The summed E-state index contributed by atoms with van der Waals surface area (Å²) in [6.45, 7) is 0. The molecule has 0 nitrogen and oxygen atoms in total. The van der Waals surface area contributed by atoms with Gasteiger partial charge in [-0.05, 0) is 164 Å². The topological polar surface area (TPSA) is 0 Å². The first kappa shape index (κ1) is 26.6. The standard InChI is InChI=1S/B25H3/c1-15(2)21(13)22(16(3)4)14-23(24(17(5)6)18(7)8)25(19(9)10)20(11)12/h1H3/q-1. The van der Waals surface area contributed by atoms with E-state index in [0.717, 1.165) is 0 Å². The van der Waals surface area contributed by atoms with Crippen LogP contribution in [0.4, 0.5) is 0 Å². The fraction of sp³-hybridized carbons (Fsp3) is 0. The van der Waals surface area contributed by atoms with E-state index in [1.165, 1.54) is 0 Å². The van der Waals surface area contributed by atoms with Gasteiger partial charge >= 0.3 is 0 Å². The largest absolute Gasteiger partial charge is 0.128 e. The third kappa shape index (κ3) is 8.25. The predicted octanol–water partition coefficient (Wildman–Crippen LogP) is -10.3. The van der Waals surface area contributed by atoms with Gasteiger partial charge in [0.05, 0.1) is 0 Å². The van der Waals surface area contributed by atoms with E-state index < -0.39 is 63.9 Å². The Labute approximate surface area is 177 Å². The number of hydrogen-bond acceptors (Lipinski definition) is 0. The Kier molecular flexibility index (Phi) is 13.0. The van der Waals surface area contributed by atoms with E-state index in [-0.39, 0.29) is 14.1 Å². The van der Waals surface area contributed by atoms with Gasteiger partial charge in [0, 0.05) is 0 Å². The summed E-state index contributed by atoms with van der Waals surface area (Å²) in [5, 5.41) is 0. The lowest BCUT2D eigenvalue weighted by atomic mass is 8.40. The van der Waals surface area contributed by atoms with Crippen LogP contribution in [0.25, 0.3) is 0 Å². The zero-order valence-corrected chi connectivity index (χ0v) is 13.9. The van der Waals surface area contributed by atoms with Crippen molar-refractivity contribution < 1.29 is 0 Å². The van der Waals surface area contributed by atoms with E-state index in [1.54, 1.807) is 7.06 Å². The van der Waals surface area contributed by atoms with Crippen LogP contribution in [0.15, 0.2) is 0 Å². The Morgan fingerprint density at radius 1 is 0.480 bits per heavy atom. The van der Waals surface area contributed by atoms with Crippen LogP contribution >= 0.6 is 0 Å². The summed E-state index contributed by atoms with van der Waals surface area (Å²) in [6, 6.07) is 0. The van der Waals surface area contributed by atoms with Crippen molar-refractivity contribution in [3.63, 3.8) is 0 Å². The van der Waals surface area contributed by atoms with Crippen LogP contribution in [0.1, 0.15) is 0 Å². The third-order valence-electron chi connectivity index (χ3n) is 4.22. The van der Waals surface area contributed by atoms with Gasteiger partial charge in [-0.15, -0.1) is 6.39 Å². The van der Waals surface area contributed by atoms with Crippen molar-refractivity contribution in [2.45, 2.75) is 0 Å². The van der Waals surface area contributed by atoms with E-state index in [9.17, 15) is 0 Å². The highest BCUT2D eigenvalue weighted by atomic mass is 13.2. The van der Waals surface area contributed by atoms with Crippen LogP contribution in [0.5, 0.6) is 0 Å². The molecule has 0 amide bonds. The second-order valence-electron chi connectivity index (χ2n) is 6.16. The maximum atomic E-state index is 6.21. The lowest BCUT2D eigenvalue weighted by molar-refractivity contribution is 3.34. The van der Waals surface area contributed by atoms with Crippen molar-refractivity contribution in [2.24, 2.45) is 0 Å². The Bertz CT molecular complexity index is 298. The minimum Gasteiger partial charge on any atom is -0.128 e. The molecule has 0 saturated heterocycles. The summed E-state index contributed by atoms with van der Waals surface area (Å²) in [5.74, 6) is 0. The van der Waals surface area contributed by atoms with Crippen LogP contribution < -0.4 is 0 Å². The van der Waals surface area contributed by atoms with Crippen LogP contribution in [-0.2, 0) is 0 Å². The van der Waals surface area contributed by atoms with Crippen LogP contribution in [0.3, 0.4) is 0 Å². The summed E-state index contributed by atoms with van der Waals surface area (Å²) < 4.78 is 0. The molecule has 0 fully saturated rings. The Morgan fingerprint density at radius 2 is 0.800 bits per heavy atom. The smallest absolute Gasteiger partial charge is 0.0000000000000852 e. The summed E-state index contributed by atoms with van der Waals surface area (Å²) >= 11 is 0. The van der Waals surface area contributed by atoms with Gasteiger partial charge in [0.1, 0.15) is 0 Å². The van der Waals surface area contributed by atoms with Gasteiger partial charge in [-0.2, -0.15) is 0 Å². The van der Waals surface area contributed by atoms with Crippen molar-refractivity contribution in [2.75, 3.05) is 0 Å². The molecule has 0 aliphatic rings. The highest BCUT2D eigenvalue weighted by Crippen LogP contribution is 2.05. The predicted molar refractivity (Wildman–Crippen MR) is 148 cm³/mol. The first-order valence-electron chi connectivity index (χ1n) is 7.67. The minimum absolute atomic E-state index is 0.135. The molecular weight excluding hydrogens is 270 g/mol. The minimum atomic E-state index is -0.871. The monoisotopic (exact) mass is 278 g/mol. The van der Waals surface area contributed by atoms with E-state index >= 15 is 0 Å². The Morgan fingerprint density at radius 3 is 1.00 bits per heavy atom. The molecule has 0 aliphatic carbocycles. The molecule has 25 heteroatoms. The Hall–Kier alpha value is 1.62. The fourth-order valence-corrected chi connectivity index (χ4v) is 2.95. The zero-order chi connectivity index (χ0) is 20.1. The van der Waals surface area contributed by atoms with Crippen molar-refractivity contribution in [1.82, 2.24) is 0 Å². The molecule has 0 aromatic carbocycles. The lowest BCUT2D eigenvalue weighted by Gasteiger charge is -2.42. The maximum absolute atomic E-state index is 6.21. The molecule has 0 aromatic heterocycles. The normalized spacial score (nSPS) is 9.32. The van der Waals surface area contributed by atoms with Crippen molar-refractivity contribution in [3.8, 4) is 0 Å². The molecule has 0 aliphatic heterocycles. The van der Waals surface area contributed by atoms with Gasteiger partial charge in [-0.1, -0.05) is 7.74 Å². The molecular formula is H3B25-. The summed E-state index contributed by atoms with van der Waals surface area (Å²) in [7, 11) is 72.7. The van der Waals surface area contributed by atoms with Gasteiger partial charge in [-0.3, -0.25) is 0 Å². The second kappa shape index (κ2) is 12.2.